The van der Waals surface area contributed by atoms with Gasteiger partial charge in [-0.2, -0.15) is 0 Å². The third kappa shape index (κ3) is 4.23. The Morgan fingerprint density at radius 2 is 2.20 bits per heavy atom. The first-order valence-corrected chi connectivity index (χ1v) is 6.91. The van der Waals surface area contributed by atoms with E-state index in [4.69, 9.17) is 5.11 Å². The Labute approximate surface area is 118 Å². The van der Waals surface area contributed by atoms with E-state index in [0.29, 0.717) is 25.3 Å². The van der Waals surface area contributed by atoms with Crippen LogP contribution in [0.3, 0.4) is 0 Å². The number of hydrogen-bond acceptors (Lipinski definition) is 2. The number of benzene rings is 1. The molecule has 4 nitrogen and oxygen atoms in total. The van der Waals surface area contributed by atoms with E-state index in [1.54, 1.807) is 18.2 Å². The van der Waals surface area contributed by atoms with Gasteiger partial charge in [0.25, 0.3) is 0 Å². The molecule has 0 unspecified atom stereocenters. The molecule has 0 spiro atoms. The Morgan fingerprint density at radius 1 is 1.35 bits per heavy atom. The summed E-state index contributed by atoms with van der Waals surface area (Å²) in [6.07, 6.45) is 7.55. The molecule has 0 radical (unpaired) electrons. The Kier molecular flexibility index (Phi) is 4.93. The zero-order valence-corrected chi connectivity index (χ0v) is 11.3. The fraction of sp³-hybridized carbons (Fsp3) is 0.375. The largest absolute Gasteiger partial charge is 0.478 e. The lowest BCUT2D eigenvalue weighted by Crippen LogP contribution is -2.27. The van der Waals surface area contributed by atoms with Crippen molar-refractivity contribution in [2.24, 2.45) is 5.92 Å². The quantitative estimate of drug-likeness (QED) is 0.782. The predicted octanol–water partition coefficient (Wildman–Crippen LogP) is 2.40. The lowest BCUT2D eigenvalue weighted by molar-refractivity contribution is -0.121. The van der Waals surface area contributed by atoms with Crippen LogP contribution >= 0.6 is 0 Å². The molecule has 1 aliphatic rings. The van der Waals surface area contributed by atoms with Crippen molar-refractivity contribution in [2.75, 3.05) is 6.54 Å². The molecule has 2 rings (SSSR count). The van der Waals surface area contributed by atoms with Crippen LogP contribution in [-0.4, -0.2) is 23.5 Å². The van der Waals surface area contributed by atoms with Gasteiger partial charge >= 0.3 is 5.97 Å². The van der Waals surface area contributed by atoms with E-state index in [1.165, 1.54) is 0 Å². The summed E-state index contributed by atoms with van der Waals surface area (Å²) in [5.74, 6) is -0.481. The number of carbonyl (C=O) groups excluding carboxylic acids is 1. The zero-order valence-electron chi connectivity index (χ0n) is 11.3. The fourth-order valence-electron chi connectivity index (χ4n) is 2.38. The highest BCUT2D eigenvalue weighted by molar-refractivity contribution is 5.87. The summed E-state index contributed by atoms with van der Waals surface area (Å²) in [6.45, 7) is 0.540. The Hall–Kier alpha value is -2.10. The molecule has 1 amide bonds. The maximum absolute atomic E-state index is 11.7. The first-order valence-electron chi connectivity index (χ1n) is 6.91. The molecule has 2 N–H and O–H groups in total. The van der Waals surface area contributed by atoms with Crippen molar-refractivity contribution < 1.29 is 14.7 Å². The second-order valence-corrected chi connectivity index (χ2v) is 5.08. The van der Waals surface area contributed by atoms with Crippen LogP contribution in [0, 0.1) is 5.92 Å². The molecule has 0 saturated carbocycles. The highest BCUT2D eigenvalue weighted by atomic mass is 16.4. The molecule has 0 saturated heterocycles. The molecule has 1 aromatic rings. The molecule has 0 bridgehead atoms. The van der Waals surface area contributed by atoms with Crippen LogP contribution in [-0.2, 0) is 11.2 Å². The van der Waals surface area contributed by atoms with E-state index in [2.05, 4.69) is 17.5 Å². The molecular formula is C16H19NO3. The number of allylic oxidation sites excluding steroid dienone is 2. The van der Waals surface area contributed by atoms with E-state index in [9.17, 15) is 9.59 Å². The molecule has 0 heterocycles. The maximum atomic E-state index is 11.7. The minimum atomic E-state index is -0.927. The second-order valence-electron chi connectivity index (χ2n) is 5.08. The van der Waals surface area contributed by atoms with Crippen molar-refractivity contribution in [3.8, 4) is 0 Å². The number of aromatic carboxylic acids is 1. The fourth-order valence-corrected chi connectivity index (χ4v) is 2.38. The van der Waals surface area contributed by atoms with E-state index < -0.39 is 5.97 Å². The Balaban J connectivity index is 1.75. The second kappa shape index (κ2) is 6.89. The molecule has 0 aliphatic heterocycles. The first-order chi connectivity index (χ1) is 9.65. The zero-order chi connectivity index (χ0) is 14.4. The molecular weight excluding hydrogens is 254 g/mol. The van der Waals surface area contributed by atoms with E-state index >= 15 is 0 Å². The maximum Gasteiger partial charge on any atom is 0.335 e. The number of rotatable bonds is 6. The average Bonchev–Trinajstić information content (AvgIpc) is 2.92. The number of carboxylic acids is 1. The molecule has 1 aliphatic carbocycles. The molecule has 4 heteroatoms. The van der Waals surface area contributed by atoms with Crippen LogP contribution in [0.4, 0.5) is 0 Å². The van der Waals surface area contributed by atoms with Crippen LogP contribution in [0.25, 0.3) is 0 Å². The van der Waals surface area contributed by atoms with Gasteiger partial charge in [0.15, 0.2) is 0 Å². The SMILES string of the molecule is O=C(C[C@@H]1C=CCC1)NCCc1cccc(C(=O)O)c1. The van der Waals surface area contributed by atoms with Gasteiger partial charge in [0.2, 0.25) is 5.91 Å². The van der Waals surface area contributed by atoms with Crippen molar-refractivity contribution in [1.29, 1.82) is 0 Å². The average molecular weight is 273 g/mol. The summed E-state index contributed by atoms with van der Waals surface area (Å²) >= 11 is 0. The standard InChI is InChI=1S/C16H19NO3/c18-15(11-12-4-1-2-5-12)17-9-8-13-6-3-7-14(10-13)16(19)20/h1,3-4,6-7,10,12H,2,5,8-9,11H2,(H,17,18)(H,19,20)/t12-/m1/s1. The minimum absolute atomic E-state index is 0.0657. The van der Waals surface area contributed by atoms with Gasteiger partial charge in [0.1, 0.15) is 0 Å². The van der Waals surface area contributed by atoms with Gasteiger partial charge in [-0.25, -0.2) is 4.79 Å². The summed E-state index contributed by atoms with van der Waals surface area (Å²) in [4.78, 5) is 22.6. The van der Waals surface area contributed by atoms with Crippen molar-refractivity contribution in [3.05, 3.63) is 47.5 Å². The summed E-state index contributed by atoms with van der Waals surface area (Å²) in [7, 11) is 0. The summed E-state index contributed by atoms with van der Waals surface area (Å²) in [5, 5.41) is 11.8. The van der Waals surface area contributed by atoms with Gasteiger partial charge in [-0.1, -0.05) is 24.3 Å². The van der Waals surface area contributed by atoms with Crippen molar-refractivity contribution in [2.45, 2.75) is 25.7 Å². The lowest BCUT2D eigenvalue weighted by atomic mass is 10.0. The Morgan fingerprint density at radius 3 is 2.90 bits per heavy atom. The monoisotopic (exact) mass is 273 g/mol. The highest BCUT2D eigenvalue weighted by Gasteiger charge is 2.13. The summed E-state index contributed by atoms with van der Waals surface area (Å²) in [5.41, 5.74) is 1.20. The van der Waals surface area contributed by atoms with Crippen molar-refractivity contribution >= 4 is 11.9 Å². The first kappa shape index (κ1) is 14.3. The number of carboxylic acid groups (broad SMARTS) is 1. The normalized spacial score (nSPS) is 17.1. The van der Waals surface area contributed by atoms with E-state index in [-0.39, 0.29) is 11.5 Å². The number of carbonyl (C=O) groups is 2. The summed E-state index contributed by atoms with van der Waals surface area (Å²) < 4.78 is 0. The smallest absolute Gasteiger partial charge is 0.335 e. The minimum Gasteiger partial charge on any atom is -0.478 e. The predicted molar refractivity (Wildman–Crippen MR) is 76.6 cm³/mol. The van der Waals surface area contributed by atoms with Gasteiger partial charge < -0.3 is 10.4 Å². The molecule has 106 valence electrons. The van der Waals surface area contributed by atoms with Gasteiger partial charge in [-0.3, -0.25) is 4.79 Å². The highest BCUT2D eigenvalue weighted by Crippen LogP contribution is 2.19. The van der Waals surface area contributed by atoms with E-state index in [0.717, 1.165) is 18.4 Å². The van der Waals surface area contributed by atoms with Gasteiger partial charge in [-0.05, 0) is 42.9 Å². The third-order valence-corrected chi connectivity index (χ3v) is 3.47. The molecule has 20 heavy (non-hydrogen) atoms. The molecule has 0 aromatic heterocycles. The molecule has 1 atom stereocenters. The number of hydrogen-bond donors (Lipinski definition) is 2. The summed E-state index contributed by atoms with van der Waals surface area (Å²) in [6, 6.07) is 6.81. The lowest BCUT2D eigenvalue weighted by Gasteiger charge is -2.09. The van der Waals surface area contributed by atoms with Crippen LogP contribution in [0.15, 0.2) is 36.4 Å². The molecule has 1 aromatic carbocycles. The topological polar surface area (TPSA) is 66.4 Å². The van der Waals surface area contributed by atoms with Crippen LogP contribution < -0.4 is 5.32 Å². The van der Waals surface area contributed by atoms with Crippen molar-refractivity contribution in [1.82, 2.24) is 5.32 Å². The van der Waals surface area contributed by atoms with Crippen LogP contribution in [0.2, 0.25) is 0 Å². The van der Waals surface area contributed by atoms with Gasteiger partial charge in [-0.15, -0.1) is 0 Å². The molecule has 0 fully saturated rings. The number of amides is 1. The van der Waals surface area contributed by atoms with Crippen LogP contribution in [0.1, 0.15) is 35.2 Å². The van der Waals surface area contributed by atoms with Crippen LogP contribution in [0.5, 0.6) is 0 Å². The third-order valence-electron chi connectivity index (χ3n) is 3.47. The Bertz CT molecular complexity index is 522. The van der Waals surface area contributed by atoms with E-state index in [1.807, 2.05) is 6.07 Å². The van der Waals surface area contributed by atoms with Gasteiger partial charge in [0.05, 0.1) is 5.56 Å². The number of nitrogens with one attached hydrogen (secondary N) is 1. The van der Waals surface area contributed by atoms with Gasteiger partial charge in [0, 0.05) is 13.0 Å². The van der Waals surface area contributed by atoms with Crippen molar-refractivity contribution in [3.63, 3.8) is 0 Å².